The highest BCUT2D eigenvalue weighted by Gasteiger charge is 2.19. The summed E-state index contributed by atoms with van der Waals surface area (Å²) in [6.45, 7) is 9.72. The highest BCUT2D eigenvalue weighted by atomic mass is 16.5. The monoisotopic (exact) mass is 246 g/mol. The maximum Gasteiger partial charge on any atom is 0.379 e. The van der Waals surface area contributed by atoms with Gasteiger partial charge in [0.2, 0.25) is 0 Å². The van der Waals surface area contributed by atoms with Crippen molar-refractivity contribution in [2.45, 2.75) is 26.2 Å². The second-order valence-electron chi connectivity index (χ2n) is 5.04. The third-order valence-electron chi connectivity index (χ3n) is 2.53. The average molecular weight is 246 g/mol. The van der Waals surface area contributed by atoms with E-state index in [4.69, 9.17) is 4.74 Å². The van der Waals surface area contributed by atoms with Gasteiger partial charge in [0.15, 0.2) is 0 Å². The first-order valence-corrected chi connectivity index (χ1v) is 5.79. The summed E-state index contributed by atoms with van der Waals surface area (Å²) in [5.41, 5.74) is 1.47. The van der Waals surface area contributed by atoms with Gasteiger partial charge in [0.25, 0.3) is 5.78 Å². The average Bonchev–Trinajstić information content (AvgIpc) is 2.34. The minimum Gasteiger partial charge on any atom is -0.455 e. The molecule has 96 valence electrons. The quantitative estimate of drug-likeness (QED) is 0.355. The van der Waals surface area contributed by atoms with Crippen LogP contribution in [0.3, 0.4) is 0 Å². The van der Waals surface area contributed by atoms with Crippen LogP contribution in [0.5, 0.6) is 0 Å². The first-order chi connectivity index (χ1) is 8.36. The summed E-state index contributed by atoms with van der Waals surface area (Å²) >= 11 is 0. The fourth-order valence-electron chi connectivity index (χ4n) is 1.44. The van der Waals surface area contributed by atoms with Crippen molar-refractivity contribution in [2.24, 2.45) is 0 Å². The van der Waals surface area contributed by atoms with E-state index in [0.717, 1.165) is 5.56 Å². The molecule has 0 heterocycles. The molecular weight excluding hydrogens is 228 g/mol. The Bertz CT molecular complexity index is 450. The van der Waals surface area contributed by atoms with Gasteiger partial charge in [0.05, 0.1) is 0 Å². The minimum atomic E-state index is -0.849. The number of ketones is 1. The van der Waals surface area contributed by atoms with Gasteiger partial charge in [0.1, 0.15) is 6.61 Å². The number of carbonyl (C=O) groups is 2. The number of rotatable bonds is 4. The minimum absolute atomic E-state index is 0.0188. The van der Waals surface area contributed by atoms with Gasteiger partial charge >= 0.3 is 5.97 Å². The molecule has 0 aromatic heterocycles. The standard InChI is InChI=1S/C15H18O3/c1-5-10-18-14(17)13(16)11-6-8-12(9-7-11)15(2,3)4/h5-9H,1,10H2,2-4H3. The maximum atomic E-state index is 11.7. The number of hydrogen-bond acceptors (Lipinski definition) is 3. The van der Waals surface area contributed by atoms with Gasteiger partial charge in [-0.05, 0) is 11.0 Å². The molecule has 0 amide bonds. The van der Waals surface area contributed by atoms with Gasteiger partial charge < -0.3 is 4.74 Å². The smallest absolute Gasteiger partial charge is 0.379 e. The van der Waals surface area contributed by atoms with Gasteiger partial charge in [-0.25, -0.2) is 4.79 Å². The fourth-order valence-corrected chi connectivity index (χ4v) is 1.44. The van der Waals surface area contributed by atoms with Crippen molar-refractivity contribution in [3.8, 4) is 0 Å². The molecule has 0 atom stereocenters. The van der Waals surface area contributed by atoms with Crippen molar-refractivity contribution >= 4 is 11.8 Å². The summed E-state index contributed by atoms with van der Waals surface area (Å²) in [5.74, 6) is -1.48. The number of carbonyl (C=O) groups excluding carboxylic acids is 2. The third-order valence-corrected chi connectivity index (χ3v) is 2.53. The lowest BCUT2D eigenvalue weighted by atomic mass is 9.86. The summed E-state index contributed by atoms with van der Waals surface area (Å²) in [5, 5.41) is 0. The summed E-state index contributed by atoms with van der Waals surface area (Å²) < 4.78 is 4.70. The Balaban J connectivity index is 2.82. The van der Waals surface area contributed by atoms with Crippen molar-refractivity contribution < 1.29 is 14.3 Å². The van der Waals surface area contributed by atoms with Crippen molar-refractivity contribution in [3.05, 3.63) is 48.0 Å². The van der Waals surface area contributed by atoms with Gasteiger partial charge in [-0.1, -0.05) is 57.7 Å². The molecule has 0 bridgehead atoms. The van der Waals surface area contributed by atoms with E-state index in [2.05, 4.69) is 27.4 Å². The zero-order valence-corrected chi connectivity index (χ0v) is 11.0. The lowest BCUT2D eigenvalue weighted by Crippen LogP contribution is -2.18. The van der Waals surface area contributed by atoms with E-state index >= 15 is 0 Å². The van der Waals surface area contributed by atoms with Crippen LogP contribution >= 0.6 is 0 Å². The number of benzene rings is 1. The van der Waals surface area contributed by atoms with E-state index in [1.54, 1.807) is 12.1 Å². The van der Waals surface area contributed by atoms with Crippen LogP contribution in [0.25, 0.3) is 0 Å². The molecule has 0 saturated heterocycles. The summed E-state index contributed by atoms with van der Waals surface area (Å²) in [6, 6.07) is 7.01. The van der Waals surface area contributed by atoms with Crippen molar-refractivity contribution in [2.75, 3.05) is 6.61 Å². The van der Waals surface area contributed by atoms with Gasteiger partial charge in [0, 0.05) is 5.56 Å². The van der Waals surface area contributed by atoms with Crippen LogP contribution in [-0.2, 0) is 14.9 Å². The molecule has 3 nitrogen and oxygen atoms in total. The maximum absolute atomic E-state index is 11.7. The van der Waals surface area contributed by atoms with Crippen LogP contribution in [0.4, 0.5) is 0 Å². The molecule has 0 aliphatic heterocycles. The molecule has 0 unspecified atom stereocenters. The number of hydrogen-bond donors (Lipinski definition) is 0. The fraction of sp³-hybridized carbons (Fsp3) is 0.333. The number of ether oxygens (including phenoxy) is 1. The van der Waals surface area contributed by atoms with Crippen LogP contribution in [0.15, 0.2) is 36.9 Å². The zero-order chi connectivity index (χ0) is 13.8. The Morgan fingerprint density at radius 1 is 1.22 bits per heavy atom. The SMILES string of the molecule is C=CCOC(=O)C(=O)c1ccc(C(C)(C)C)cc1. The van der Waals surface area contributed by atoms with Crippen LogP contribution in [0.2, 0.25) is 0 Å². The normalized spacial score (nSPS) is 10.8. The number of esters is 1. The zero-order valence-electron chi connectivity index (χ0n) is 11.0. The molecule has 0 aliphatic carbocycles. The Morgan fingerprint density at radius 3 is 2.22 bits per heavy atom. The third kappa shape index (κ3) is 3.55. The molecule has 1 rings (SSSR count). The van der Waals surface area contributed by atoms with E-state index in [1.165, 1.54) is 6.08 Å². The molecule has 0 N–H and O–H groups in total. The molecule has 0 spiro atoms. The van der Waals surface area contributed by atoms with E-state index < -0.39 is 11.8 Å². The Labute approximate surface area is 107 Å². The van der Waals surface area contributed by atoms with E-state index in [1.807, 2.05) is 12.1 Å². The molecule has 0 fully saturated rings. The Morgan fingerprint density at radius 2 is 1.78 bits per heavy atom. The molecule has 0 saturated carbocycles. The summed E-state index contributed by atoms with van der Waals surface area (Å²) in [4.78, 5) is 23.1. The van der Waals surface area contributed by atoms with Crippen LogP contribution in [0.1, 0.15) is 36.7 Å². The molecule has 0 aliphatic rings. The molecular formula is C15H18O3. The summed E-state index contributed by atoms with van der Waals surface area (Å²) in [7, 11) is 0. The molecule has 0 radical (unpaired) electrons. The Kier molecular flexibility index (Phi) is 4.43. The largest absolute Gasteiger partial charge is 0.455 e. The molecule has 18 heavy (non-hydrogen) atoms. The van der Waals surface area contributed by atoms with Crippen LogP contribution in [0, 0.1) is 0 Å². The van der Waals surface area contributed by atoms with E-state index in [0.29, 0.717) is 5.56 Å². The van der Waals surface area contributed by atoms with Gasteiger partial charge in [-0.15, -0.1) is 0 Å². The predicted molar refractivity (Wildman–Crippen MR) is 70.6 cm³/mol. The predicted octanol–water partition coefficient (Wildman–Crippen LogP) is 2.90. The second kappa shape index (κ2) is 5.63. The first kappa shape index (κ1) is 14.2. The van der Waals surface area contributed by atoms with Crippen molar-refractivity contribution in [1.29, 1.82) is 0 Å². The number of Topliss-reactive ketones (excluding diaryl/α,β-unsaturated/α-hetero) is 1. The van der Waals surface area contributed by atoms with Crippen LogP contribution in [-0.4, -0.2) is 18.4 Å². The second-order valence-corrected chi connectivity index (χ2v) is 5.04. The molecule has 1 aromatic carbocycles. The van der Waals surface area contributed by atoms with E-state index in [9.17, 15) is 9.59 Å². The lowest BCUT2D eigenvalue weighted by molar-refractivity contribution is -0.136. The van der Waals surface area contributed by atoms with Gasteiger partial charge in [-0.3, -0.25) is 4.79 Å². The molecule has 3 heteroatoms. The first-order valence-electron chi connectivity index (χ1n) is 5.79. The highest BCUT2D eigenvalue weighted by molar-refractivity contribution is 6.40. The van der Waals surface area contributed by atoms with Gasteiger partial charge in [-0.2, -0.15) is 0 Å². The van der Waals surface area contributed by atoms with E-state index in [-0.39, 0.29) is 12.0 Å². The summed E-state index contributed by atoms with van der Waals surface area (Å²) in [6.07, 6.45) is 1.42. The van der Waals surface area contributed by atoms with Crippen molar-refractivity contribution in [3.63, 3.8) is 0 Å². The van der Waals surface area contributed by atoms with Crippen molar-refractivity contribution in [1.82, 2.24) is 0 Å². The lowest BCUT2D eigenvalue weighted by Gasteiger charge is -2.18. The highest BCUT2D eigenvalue weighted by Crippen LogP contribution is 2.22. The van der Waals surface area contributed by atoms with Crippen LogP contribution < -0.4 is 0 Å². The molecule has 1 aromatic rings. The topological polar surface area (TPSA) is 43.4 Å². The Hall–Kier alpha value is -1.90.